The highest BCUT2D eigenvalue weighted by Crippen LogP contribution is 2.20. The highest BCUT2D eigenvalue weighted by Gasteiger charge is 2.24. The molecular weight excluding hydrogens is 222 g/mol. The summed E-state index contributed by atoms with van der Waals surface area (Å²) in [6, 6.07) is 4.77. The van der Waals surface area contributed by atoms with Crippen LogP contribution in [0.4, 0.5) is 5.82 Å². The summed E-state index contributed by atoms with van der Waals surface area (Å²) in [6.07, 6.45) is 3.08. The number of aromatic nitrogens is 1. The molecule has 0 bridgehead atoms. The Balaban J connectivity index is 2.03. The first-order valence-electron chi connectivity index (χ1n) is 5.63. The topological polar surface area (TPSA) is 19.4 Å². The first-order chi connectivity index (χ1) is 7.70. The van der Waals surface area contributed by atoms with E-state index in [4.69, 9.17) is 11.6 Å². The summed E-state index contributed by atoms with van der Waals surface area (Å²) >= 11 is 5.74. The van der Waals surface area contributed by atoms with Crippen LogP contribution in [0.1, 0.15) is 12.0 Å². The number of anilines is 1. The minimum absolute atomic E-state index is 0.535. The van der Waals surface area contributed by atoms with Gasteiger partial charge in [0.05, 0.1) is 0 Å². The first-order valence-corrected chi connectivity index (χ1v) is 6.16. The Morgan fingerprint density at radius 3 is 2.81 bits per heavy atom. The van der Waals surface area contributed by atoms with E-state index >= 15 is 0 Å². The second kappa shape index (κ2) is 5.02. The Morgan fingerprint density at radius 1 is 1.50 bits per heavy atom. The molecule has 1 fully saturated rings. The van der Waals surface area contributed by atoms with E-state index in [0.29, 0.717) is 11.9 Å². The first kappa shape index (κ1) is 11.7. The Kier molecular flexibility index (Phi) is 3.66. The van der Waals surface area contributed by atoms with E-state index in [9.17, 15) is 0 Å². The normalized spacial score (nSPS) is 20.8. The van der Waals surface area contributed by atoms with Crippen LogP contribution in [-0.4, -0.2) is 43.1 Å². The second-order valence-electron chi connectivity index (χ2n) is 4.51. The van der Waals surface area contributed by atoms with Crippen LogP contribution in [-0.2, 0) is 5.88 Å². The Labute approximate surface area is 102 Å². The molecule has 0 N–H and O–H groups in total. The lowest BCUT2D eigenvalue weighted by Gasteiger charge is -2.21. The molecule has 2 heterocycles. The molecule has 0 radical (unpaired) electrons. The molecule has 0 spiro atoms. The van der Waals surface area contributed by atoms with Crippen LogP contribution < -0.4 is 4.90 Å². The largest absolute Gasteiger partial charge is 0.355 e. The zero-order valence-electron chi connectivity index (χ0n) is 9.86. The molecule has 16 heavy (non-hydrogen) atoms. The fourth-order valence-corrected chi connectivity index (χ4v) is 2.21. The predicted octanol–water partition coefficient (Wildman–Crippen LogP) is 1.96. The fraction of sp³-hybridized carbons (Fsp3) is 0.583. The number of pyridine rings is 1. The molecule has 1 saturated heterocycles. The van der Waals surface area contributed by atoms with Gasteiger partial charge in [0.1, 0.15) is 5.82 Å². The minimum atomic E-state index is 0.535. The molecule has 1 atom stereocenters. The molecule has 1 aliphatic rings. The SMILES string of the molecule is CN(C)C1CCN(c2ccc(CCl)cn2)C1. The average molecular weight is 240 g/mol. The third kappa shape index (κ3) is 2.47. The zero-order chi connectivity index (χ0) is 11.5. The second-order valence-corrected chi connectivity index (χ2v) is 4.78. The Hall–Kier alpha value is -0.800. The maximum atomic E-state index is 5.74. The van der Waals surface area contributed by atoms with Crippen molar-refractivity contribution in [1.29, 1.82) is 0 Å². The number of alkyl halides is 1. The van der Waals surface area contributed by atoms with E-state index in [2.05, 4.69) is 41.0 Å². The van der Waals surface area contributed by atoms with E-state index in [0.717, 1.165) is 24.5 Å². The Bertz CT molecular complexity index is 337. The number of hydrogen-bond acceptors (Lipinski definition) is 3. The standard InChI is InChI=1S/C12H18ClN3/c1-15(2)11-5-6-16(9-11)12-4-3-10(7-13)8-14-12/h3-4,8,11H,5-7,9H2,1-2H3. The van der Waals surface area contributed by atoms with Crippen LogP contribution in [0.5, 0.6) is 0 Å². The molecule has 0 saturated carbocycles. The molecule has 4 heteroatoms. The van der Waals surface area contributed by atoms with Gasteiger partial charge in [0, 0.05) is 31.2 Å². The molecular formula is C12H18ClN3. The van der Waals surface area contributed by atoms with Crippen LogP contribution in [0.2, 0.25) is 0 Å². The molecule has 1 aliphatic heterocycles. The van der Waals surface area contributed by atoms with E-state index < -0.39 is 0 Å². The van der Waals surface area contributed by atoms with Crippen molar-refractivity contribution in [3.8, 4) is 0 Å². The van der Waals surface area contributed by atoms with Crippen LogP contribution in [0.15, 0.2) is 18.3 Å². The summed E-state index contributed by atoms with van der Waals surface area (Å²) in [7, 11) is 4.27. The minimum Gasteiger partial charge on any atom is -0.355 e. The van der Waals surface area contributed by atoms with Crippen molar-refractivity contribution in [3.05, 3.63) is 23.9 Å². The summed E-state index contributed by atoms with van der Waals surface area (Å²) in [5.41, 5.74) is 1.08. The lowest BCUT2D eigenvalue weighted by Crippen LogP contribution is -2.31. The van der Waals surface area contributed by atoms with Gasteiger partial charge in [0.15, 0.2) is 0 Å². The zero-order valence-corrected chi connectivity index (χ0v) is 10.6. The number of hydrogen-bond donors (Lipinski definition) is 0. The van der Waals surface area contributed by atoms with Gasteiger partial charge >= 0.3 is 0 Å². The van der Waals surface area contributed by atoms with E-state index in [-0.39, 0.29) is 0 Å². The third-order valence-electron chi connectivity index (χ3n) is 3.18. The van der Waals surface area contributed by atoms with Gasteiger partial charge in [-0.1, -0.05) is 6.07 Å². The highest BCUT2D eigenvalue weighted by molar-refractivity contribution is 6.17. The van der Waals surface area contributed by atoms with Crippen LogP contribution in [0, 0.1) is 0 Å². The van der Waals surface area contributed by atoms with E-state index in [1.54, 1.807) is 0 Å². The molecule has 1 aromatic rings. The van der Waals surface area contributed by atoms with Gasteiger partial charge in [-0.25, -0.2) is 4.98 Å². The van der Waals surface area contributed by atoms with Gasteiger partial charge in [-0.15, -0.1) is 11.6 Å². The summed E-state index contributed by atoms with van der Waals surface area (Å²) in [5, 5.41) is 0. The summed E-state index contributed by atoms with van der Waals surface area (Å²) in [4.78, 5) is 9.07. The summed E-state index contributed by atoms with van der Waals surface area (Å²) in [5.74, 6) is 1.60. The Morgan fingerprint density at radius 2 is 2.31 bits per heavy atom. The van der Waals surface area contributed by atoms with Gasteiger partial charge in [0.25, 0.3) is 0 Å². The van der Waals surface area contributed by atoms with E-state index in [1.807, 2.05) is 6.20 Å². The number of rotatable bonds is 3. The predicted molar refractivity (Wildman–Crippen MR) is 68.1 cm³/mol. The third-order valence-corrected chi connectivity index (χ3v) is 3.49. The van der Waals surface area contributed by atoms with Crippen LogP contribution >= 0.6 is 11.6 Å². The van der Waals surface area contributed by atoms with Crippen LogP contribution in [0.3, 0.4) is 0 Å². The fourth-order valence-electron chi connectivity index (χ4n) is 2.05. The lowest BCUT2D eigenvalue weighted by atomic mass is 10.2. The lowest BCUT2D eigenvalue weighted by molar-refractivity contribution is 0.315. The van der Waals surface area contributed by atoms with Gasteiger partial charge < -0.3 is 9.80 Å². The number of halogens is 1. The molecule has 1 unspecified atom stereocenters. The molecule has 0 aliphatic carbocycles. The number of likely N-dealkylation sites (N-methyl/N-ethyl adjacent to an activating group) is 1. The highest BCUT2D eigenvalue weighted by atomic mass is 35.5. The van der Waals surface area contributed by atoms with Crippen molar-refractivity contribution in [2.45, 2.75) is 18.3 Å². The average Bonchev–Trinajstić information content (AvgIpc) is 2.78. The molecule has 2 rings (SSSR count). The smallest absolute Gasteiger partial charge is 0.128 e. The van der Waals surface area contributed by atoms with E-state index in [1.165, 1.54) is 6.42 Å². The van der Waals surface area contributed by atoms with Crippen molar-refractivity contribution in [2.24, 2.45) is 0 Å². The van der Waals surface area contributed by atoms with Crippen molar-refractivity contribution >= 4 is 17.4 Å². The van der Waals surface area contributed by atoms with Crippen LogP contribution in [0.25, 0.3) is 0 Å². The summed E-state index contributed by atoms with van der Waals surface area (Å²) in [6.45, 7) is 2.16. The van der Waals surface area contributed by atoms with Gasteiger partial charge in [-0.3, -0.25) is 0 Å². The monoisotopic (exact) mass is 239 g/mol. The van der Waals surface area contributed by atoms with Crippen molar-refractivity contribution in [2.75, 3.05) is 32.1 Å². The van der Waals surface area contributed by atoms with Crippen molar-refractivity contribution < 1.29 is 0 Å². The maximum Gasteiger partial charge on any atom is 0.128 e. The quantitative estimate of drug-likeness (QED) is 0.752. The van der Waals surface area contributed by atoms with Gasteiger partial charge in [-0.05, 0) is 32.1 Å². The molecule has 3 nitrogen and oxygen atoms in total. The van der Waals surface area contributed by atoms with Crippen molar-refractivity contribution in [1.82, 2.24) is 9.88 Å². The number of nitrogens with zero attached hydrogens (tertiary/aromatic N) is 3. The molecule has 0 amide bonds. The van der Waals surface area contributed by atoms with Crippen molar-refractivity contribution in [3.63, 3.8) is 0 Å². The molecule has 88 valence electrons. The van der Waals surface area contributed by atoms with Gasteiger partial charge in [0.2, 0.25) is 0 Å². The van der Waals surface area contributed by atoms with Gasteiger partial charge in [-0.2, -0.15) is 0 Å². The molecule has 0 aromatic carbocycles. The molecule has 1 aromatic heterocycles. The summed E-state index contributed by atoms with van der Waals surface area (Å²) < 4.78 is 0. The maximum absolute atomic E-state index is 5.74.